The van der Waals surface area contributed by atoms with Gasteiger partial charge in [0.2, 0.25) is 0 Å². The Labute approximate surface area is 118 Å². The number of carboxylic acids is 1. The van der Waals surface area contributed by atoms with Crippen LogP contribution < -0.4 is 0 Å². The summed E-state index contributed by atoms with van der Waals surface area (Å²) in [5.74, 6) is -0.974. The van der Waals surface area contributed by atoms with Crippen molar-refractivity contribution in [1.29, 1.82) is 0 Å². The molecule has 0 amide bonds. The Morgan fingerprint density at radius 2 is 2.10 bits per heavy atom. The summed E-state index contributed by atoms with van der Waals surface area (Å²) in [5, 5.41) is 9.13. The second-order valence-electron chi connectivity index (χ2n) is 5.24. The molecule has 0 spiro atoms. The highest BCUT2D eigenvalue weighted by Gasteiger charge is 2.44. The number of carboxylic acid groups (broad SMARTS) is 1. The van der Waals surface area contributed by atoms with Crippen LogP contribution in [0.15, 0.2) is 17.6 Å². The molecule has 2 rings (SSSR count). The molecule has 1 heterocycles. The van der Waals surface area contributed by atoms with Gasteiger partial charge < -0.3 is 10.1 Å². The van der Waals surface area contributed by atoms with Crippen LogP contribution in [0.5, 0.6) is 0 Å². The zero-order valence-electron chi connectivity index (χ0n) is 11.4. The molecule has 7 nitrogen and oxygen atoms in total. The predicted molar refractivity (Wildman–Crippen MR) is 71.6 cm³/mol. The fourth-order valence-electron chi connectivity index (χ4n) is 2.88. The maximum atomic E-state index is 12.5. The van der Waals surface area contributed by atoms with Crippen LogP contribution in [0.3, 0.4) is 0 Å². The van der Waals surface area contributed by atoms with Crippen molar-refractivity contribution < 1.29 is 18.3 Å². The Bertz CT molecular complexity index is 562. The number of aliphatic carboxylic acids is 1. The minimum absolute atomic E-state index is 0.00432. The van der Waals surface area contributed by atoms with E-state index < -0.39 is 21.5 Å². The van der Waals surface area contributed by atoms with Gasteiger partial charge in [-0.1, -0.05) is 19.3 Å². The van der Waals surface area contributed by atoms with Crippen molar-refractivity contribution >= 4 is 16.0 Å². The van der Waals surface area contributed by atoms with Crippen LogP contribution in [0.25, 0.3) is 0 Å². The first kappa shape index (κ1) is 15.0. The first-order chi connectivity index (χ1) is 9.38. The van der Waals surface area contributed by atoms with E-state index in [1.807, 2.05) is 0 Å². The molecule has 20 heavy (non-hydrogen) atoms. The predicted octanol–water partition coefficient (Wildman–Crippen LogP) is 1.21. The van der Waals surface area contributed by atoms with Gasteiger partial charge in [-0.3, -0.25) is 4.79 Å². The van der Waals surface area contributed by atoms with E-state index in [1.165, 1.54) is 23.9 Å². The molecule has 0 saturated heterocycles. The molecule has 2 N–H and O–H groups in total. The lowest BCUT2D eigenvalue weighted by Gasteiger charge is -2.42. The molecule has 1 aromatic rings. The van der Waals surface area contributed by atoms with Gasteiger partial charge in [-0.05, 0) is 12.8 Å². The summed E-state index contributed by atoms with van der Waals surface area (Å²) in [6.45, 7) is 0. The third kappa shape index (κ3) is 2.71. The summed E-state index contributed by atoms with van der Waals surface area (Å²) in [5.41, 5.74) is -0.839. The van der Waals surface area contributed by atoms with Crippen molar-refractivity contribution in [2.24, 2.45) is 0 Å². The quantitative estimate of drug-likeness (QED) is 0.850. The lowest BCUT2D eigenvalue weighted by Crippen LogP contribution is -2.52. The third-order valence-electron chi connectivity index (χ3n) is 4.04. The highest BCUT2D eigenvalue weighted by molar-refractivity contribution is 7.89. The number of aromatic amines is 1. The molecule has 1 aliphatic carbocycles. The molecule has 0 aromatic carbocycles. The normalized spacial score (nSPS) is 19.1. The second kappa shape index (κ2) is 5.53. The number of nitrogens with one attached hydrogen (secondary N) is 1. The Morgan fingerprint density at radius 3 is 2.60 bits per heavy atom. The zero-order chi connectivity index (χ0) is 14.8. The maximum absolute atomic E-state index is 12.5. The summed E-state index contributed by atoms with van der Waals surface area (Å²) >= 11 is 0. The van der Waals surface area contributed by atoms with Crippen molar-refractivity contribution in [3.63, 3.8) is 0 Å². The van der Waals surface area contributed by atoms with E-state index in [0.717, 1.165) is 19.3 Å². The van der Waals surface area contributed by atoms with Crippen LogP contribution in [0.2, 0.25) is 0 Å². The molecule has 0 aliphatic heterocycles. The average Bonchev–Trinajstić information content (AvgIpc) is 2.92. The minimum atomic E-state index is -3.75. The van der Waals surface area contributed by atoms with E-state index in [1.54, 1.807) is 0 Å². The Morgan fingerprint density at radius 1 is 1.45 bits per heavy atom. The second-order valence-corrected chi connectivity index (χ2v) is 7.18. The zero-order valence-corrected chi connectivity index (χ0v) is 12.2. The number of sulfonamides is 1. The summed E-state index contributed by atoms with van der Waals surface area (Å²) < 4.78 is 26.3. The number of hydrogen-bond donors (Lipinski definition) is 2. The number of imidazole rings is 1. The van der Waals surface area contributed by atoms with Crippen molar-refractivity contribution in [2.45, 2.75) is 49.1 Å². The van der Waals surface area contributed by atoms with Crippen LogP contribution in [-0.2, 0) is 14.8 Å². The fourth-order valence-corrected chi connectivity index (χ4v) is 4.33. The monoisotopic (exact) mass is 301 g/mol. The molecule has 1 aromatic heterocycles. The largest absolute Gasteiger partial charge is 0.481 e. The van der Waals surface area contributed by atoms with Gasteiger partial charge in [0.15, 0.2) is 5.03 Å². The number of aromatic nitrogens is 2. The van der Waals surface area contributed by atoms with Gasteiger partial charge in [0, 0.05) is 12.6 Å². The van der Waals surface area contributed by atoms with E-state index in [2.05, 4.69) is 9.97 Å². The molecule has 0 bridgehead atoms. The molecular weight excluding hydrogens is 282 g/mol. The van der Waals surface area contributed by atoms with Gasteiger partial charge in [0.1, 0.15) is 0 Å². The topological polar surface area (TPSA) is 103 Å². The fraction of sp³-hybridized carbons (Fsp3) is 0.667. The van der Waals surface area contributed by atoms with E-state index in [9.17, 15) is 13.2 Å². The molecule has 0 atom stereocenters. The van der Waals surface area contributed by atoms with Gasteiger partial charge in [-0.2, -0.15) is 4.31 Å². The first-order valence-electron chi connectivity index (χ1n) is 6.58. The lowest BCUT2D eigenvalue weighted by molar-refractivity contribution is -0.140. The van der Waals surface area contributed by atoms with Gasteiger partial charge in [-0.25, -0.2) is 13.4 Å². The molecule has 1 aliphatic rings. The smallest absolute Gasteiger partial charge is 0.305 e. The van der Waals surface area contributed by atoms with Crippen LogP contribution in [0, 0.1) is 0 Å². The summed E-state index contributed by atoms with van der Waals surface area (Å²) in [7, 11) is -2.28. The Hall–Kier alpha value is -1.41. The van der Waals surface area contributed by atoms with E-state index >= 15 is 0 Å². The molecule has 112 valence electrons. The number of carbonyl (C=O) groups is 1. The molecule has 8 heteroatoms. The standard InChI is InChI=1S/C12H19N3O4S/c1-15(20(18,19)10-8-13-9-14-10)12(7-11(16)17)5-3-2-4-6-12/h8-9H,2-7H2,1H3,(H,13,14)(H,16,17). The molecule has 0 unspecified atom stereocenters. The van der Waals surface area contributed by atoms with Crippen molar-refractivity contribution in [3.8, 4) is 0 Å². The highest BCUT2D eigenvalue weighted by atomic mass is 32.2. The minimum Gasteiger partial charge on any atom is -0.481 e. The van der Waals surface area contributed by atoms with Crippen LogP contribution in [-0.4, -0.2) is 46.4 Å². The molecular formula is C12H19N3O4S. The van der Waals surface area contributed by atoms with E-state index in [4.69, 9.17) is 5.11 Å². The first-order valence-corrected chi connectivity index (χ1v) is 8.02. The van der Waals surface area contributed by atoms with Crippen LogP contribution >= 0.6 is 0 Å². The summed E-state index contributed by atoms with van der Waals surface area (Å²) in [6.07, 6.45) is 6.21. The molecule has 0 radical (unpaired) electrons. The van der Waals surface area contributed by atoms with E-state index in [-0.39, 0.29) is 11.4 Å². The highest BCUT2D eigenvalue weighted by Crippen LogP contribution is 2.38. The van der Waals surface area contributed by atoms with Crippen molar-refractivity contribution in [3.05, 3.63) is 12.5 Å². The lowest BCUT2D eigenvalue weighted by atomic mass is 9.79. The van der Waals surface area contributed by atoms with Gasteiger partial charge in [0.05, 0.1) is 18.9 Å². The summed E-state index contributed by atoms with van der Waals surface area (Å²) in [4.78, 5) is 17.5. The third-order valence-corrected chi connectivity index (χ3v) is 5.93. The maximum Gasteiger partial charge on any atom is 0.305 e. The summed E-state index contributed by atoms with van der Waals surface area (Å²) in [6, 6.07) is 0. The van der Waals surface area contributed by atoms with Gasteiger partial charge in [0.25, 0.3) is 10.0 Å². The van der Waals surface area contributed by atoms with Gasteiger partial charge in [-0.15, -0.1) is 0 Å². The van der Waals surface area contributed by atoms with Crippen molar-refractivity contribution in [1.82, 2.24) is 14.3 Å². The number of H-pyrrole nitrogens is 1. The Balaban J connectivity index is 2.36. The molecule has 1 fully saturated rings. The Kier molecular flexibility index (Phi) is 4.14. The number of nitrogens with zero attached hydrogens (tertiary/aromatic N) is 2. The van der Waals surface area contributed by atoms with Crippen LogP contribution in [0.4, 0.5) is 0 Å². The van der Waals surface area contributed by atoms with Crippen molar-refractivity contribution in [2.75, 3.05) is 7.05 Å². The average molecular weight is 301 g/mol. The molecule has 1 saturated carbocycles. The number of hydrogen-bond acceptors (Lipinski definition) is 4. The number of rotatable bonds is 5. The SMILES string of the molecule is CN(C1(CC(=O)O)CCCCC1)S(=O)(=O)c1cnc[nH]1. The van der Waals surface area contributed by atoms with Gasteiger partial charge >= 0.3 is 5.97 Å². The van der Waals surface area contributed by atoms with Crippen LogP contribution in [0.1, 0.15) is 38.5 Å². The van der Waals surface area contributed by atoms with E-state index in [0.29, 0.717) is 12.8 Å².